The van der Waals surface area contributed by atoms with Crippen LogP contribution in [0.15, 0.2) is 15.8 Å². The number of aromatic amines is 1. The average molecular weight is 224 g/mol. The third-order valence-corrected chi connectivity index (χ3v) is 3.19. The summed E-state index contributed by atoms with van der Waals surface area (Å²) in [6, 6.07) is 0. The van der Waals surface area contributed by atoms with E-state index in [0.29, 0.717) is 23.9 Å². The molecule has 1 heterocycles. The van der Waals surface area contributed by atoms with E-state index in [-0.39, 0.29) is 17.9 Å². The summed E-state index contributed by atoms with van der Waals surface area (Å²) < 4.78 is 1.55. The van der Waals surface area contributed by atoms with Crippen molar-refractivity contribution >= 4 is 0 Å². The first-order valence-electron chi connectivity index (χ1n) is 5.53. The van der Waals surface area contributed by atoms with Crippen LogP contribution in [0.25, 0.3) is 0 Å². The van der Waals surface area contributed by atoms with Crippen LogP contribution < -0.4 is 11.2 Å². The number of hydrogen-bond donors (Lipinski definition) is 2. The van der Waals surface area contributed by atoms with Crippen LogP contribution in [0.2, 0.25) is 0 Å². The van der Waals surface area contributed by atoms with Crippen LogP contribution >= 0.6 is 0 Å². The molecule has 1 aliphatic carbocycles. The Morgan fingerprint density at radius 2 is 2.25 bits per heavy atom. The van der Waals surface area contributed by atoms with Gasteiger partial charge in [0.1, 0.15) is 0 Å². The fourth-order valence-corrected chi connectivity index (χ4v) is 2.06. The number of nitrogens with one attached hydrogen (secondary N) is 1. The lowest BCUT2D eigenvalue weighted by atomic mass is 10.2. The quantitative estimate of drug-likeness (QED) is 0.747. The van der Waals surface area contributed by atoms with Crippen molar-refractivity contribution < 1.29 is 5.11 Å². The largest absolute Gasteiger partial charge is 0.396 e. The molecule has 1 aromatic heterocycles. The first-order valence-corrected chi connectivity index (χ1v) is 5.53. The third-order valence-electron chi connectivity index (χ3n) is 3.19. The van der Waals surface area contributed by atoms with Gasteiger partial charge in [0.05, 0.1) is 0 Å². The van der Waals surface area contributed by atoms with Crippen molar-refractivity contribution in [3.63, 3.8) is 0 Å². The summed E-state index contributed by atoms with van der Waals surface area (Å²) in [6.45, 7) is 2.54. The Kier molecular flexibility index (Phi) is 2.96. The summed E-state index contributed by atoms with van der Waals surface area (Å²) in [6.07, 6.45) is 3.47. The van der Waals surface area contributed by atoms with E-state index in [1.165, 1.54) is 0 Å². The molecule has 2 rings (SSSR count). The van der Waals surface area contributed by atoms with E-state index < -0.39 is 0 Å². The Labute approximate surface area is 92.7 Å². The first kappa shape index (κ1) is 11.1. The van der Waals surface area contributed by atoms with Crippen LogP contribution in [0.1, 0.15) is 18.4 Å². The number of aryl methyl sites for hydroxylation is 1. The van der Waals surface area contributed by atoms with Gasteiger partial charge in [-0.25, -0.2) is 4.79 Å². The molecule has 0 amide bonds. The smallest absolute Gasteiger partial charge is 0.328 e. The molecule has 1 fully saturated rings. The topological polar surface area (TPSA) is 75.1 Å². The fraction of sp³-hybridized carbons (Fsp3) is 0.636. The zero-order valence-corrected chi connectivity index (χ0v) is 9.27. The maximum atomic E-state index is 11.5. The summed E-state index contributed by atoms with van der Waals surface area (Å²) in [4.78, 5) is 24.9. The van der Waals surface area contributed by atoms with E-state index in [1.807, 2.05) is 0 Å². The average Bonchev–Trinajstić information content (AvgIpc) is 2.94. The number of aromatic nitrogens is 2. The van der Waals surface area contributed by atoms with Gasteiger partial charge in [0.2, 0.25) is 0 Å². The summed E-state index contributed by atoms with van der Waals surface area (Å²) in [5, 5.41) is 8.78. The Morgan fingerprint density at radius 1 is 1.50 bits per heavy atom. The zero-order valence-electron chi connectivity index (χ0n) is 9.27. The zero-order chi connectivity index (χ0) is 11.7. The predicted octanol–water partition coefficient (Wildman–Crippen LogP) is -0.136. The van der Waals surface area contributed by atoms with Crippen molar-refractivity contribution in [2.45, 2.75) is 26.3 Å². The molecule has 1 aromatic rings. The number of aliphatic hydroxyl groups excluding tert-OH is 1. The number of aliphatic hydroxyl groups is 1. The molecular weight excluding hydrogens is 208 g/mol. The second kappa shape index (κ2) is 4.25. The molecule has 0 radical (unpaired) electrons. The fourth-order valence-electron chi connectivity index (χ4n) is 2.06. The first-order chi connectivity index (χ1) is 7.61. The molecule has 0 spiro atoms. The highest BCUT2D eigenvalue weighted by Gasteiger charge is 2.36. The maximum absolute atomic E-state index is 11.5. The van der Waals surface area contributed by atoms with Crippen LogP contribution in [0.3, 0.4) is 0 Å². The standard InChI is InChI=1S/C11H16N2O3/c1-7-5-13(11(16)12-10(7)15)6-9-4-8(9)2-3-14/h5,8-9,14H,2-4,6H2,1H3,(H,12,15,16)/t8-,9-/m1/s1. The van der Waals surface area contributed by atoms with Crippen LogP contribution in [0.5, 0.6) is 0 Å². The van der Waals surface area contributed by atoms with Gasteiger partial charge in [-0.15, -0.1) is 0 Å². The van der Waals surface area contributed by atoms with Gasteiger partial charge in [-0.3, -0.25) is 9.78 Å². The molecule has 2 N–H and O–H groups in total. The molecule has 2 atom stereocenters. The minimum Gasteiger partial charge on any atom is -0.396 e. The highest BCUT2D eigenvalue weighted by atomic mass is 16.3. The normalized spacial score (nSPS) is 23.4. The van der Waals surface area contributed by atoms with Crippen molar-refractivity contribution in [1.82, 2.24) is 9.55 Å². The van der Waals surface area contributed by atoms with Gasteiger partial charge in [0.25, 0.3) is 5.56 Å². The second-order valence-corrected chi connectivity index (χ2v) is 4.49. The summed E-state index contributed by atoms with van der Waals surface area (Å²) in [7, 11) is 0. The van der Waals surface area contributed by atoms with Crippen LogP contribution in [-0.2, 0) is 6.54 Å². The van der Waals surface area contributed by atoms with E-state index in [1.54, 1.807) is 17.7 Å². The van der Waals surface area contributed by atoms with Crippen molar-refractivity contribution in [3.05, 3.63) is 32.6 Å². The Morgan fingerprint density at radius 3 is 2.94 bits per heavy atom. The molecule has 5 heteroatoms. The number of rotatable bonds is 4. The molecule has 16 heavy (non-hydrogen) atoms. The number of hydrogen-bond acceptors (Lipinski definition) is 3. The van der Waals surface area contributed by atoms with Crippen LogP contribution in [0.4, 0.5) is 0 Å². The molecule has 1 aliphatic rings. The molecule has 0 aromatic carbocycles. The molecule has 0 saturated heterocycles. The Bertz CT molecular complexity index is 489. The van der Waals surface area contributed by atoms with Crippen LogP contribution in [0, 0.1) is 18.8 Å². The molecule has 88 valence electrons. The molecular formula is C11H16N2O3. The van der Waals surface area contributed by atoms with E-state index >= 15 is 0 Å². The van der Waals surface area contributed by atoms with Crippen molar-refractivity contribution in [3.8, 4) is 0 Å². The van der Waals surface area contributed by atoms with E-state index in [0.717, 1.165) is 12.8 Å². The minimum absolute atomic E-state index is 0.209. The molecule has 1 saturated carbocycles. The van der Waals surface area contributed by atoms with Crippen molar-refractivity contribution in [1.29, 1.82) is 0 Å². The lowest BCUT2D eigenvalue weighted by Gasteiger charge is -2.04. The minimum atomic E-state index is -0.342. The van der Waals surface area contributed by atoms with Gasteiger partial charge >= 0.3 is 5.69 Å². The number of H-pyrrole nitrogens is 1. The third kappa shape index (κ3) is 2.24. The van der Waals surface area contributed by atoms with E-state index in [2.05, 4.69) is 4.98 Å². The molecule has 0 aliphatic heterocycles. The maximum Gasteiger partial charge on any atom is 0.328 e. The highest BCUT2D eigenvalue weighted by Crippen LogP contribution is 2.41. The van der Waals surface area contributed by atoms with Gasteiger partial charge in [-0.1, -0.05) is 0 Å². The summed E-state index contributed by atoms with van der Waals surface area (Å²) in [5.74, 6) is 0.999. The highest BCUT2D eigenvalue weighted by molar-refractivity contribution is 5.01. The number of nitrogens with zero attached hydrogens (tertiary/aromatic N) is 1. The van der Waals surface area contributed by atoms with Gasteiger partial charge in [0.15, 0.2) is 0 Å². The molecule has 0 bridgehead atoms. The molecule has 0 unspecified atom stereocenters. The lowest BCUT2D eigenvalue weighted by molar-refractivity contribution is 0.275. The lowest BCUT2D eigenvalue weighted by Crippen LogP contribution is -2.31. The predicted molar refractivity (Wildman–Crippen MR) is 59.4 cm³/mol. The molecule has 5 nitrogen and oxygen atoms in total. The SMILES string of the molecule is Cc1cn(C[C@H]2C[C@H]2CCO)c(=O)[nH]c1=O. The Balaban J connectivity index is 2.09. The van der Waals surface area contributed by atoms with E-state index in [4.69, 9.17) is 5.11 Å². The summed E-state index contributed by atoms with van der Waals surface area (Å²) >= 11 is 0. The van der Waals surface area contributed by atoms with Gasteiger partial charge < -0.3 is 9.67 Å². The van der Waals surface area contributed by atoms with Gasteiger partial charge in [-0.05, 0) is 31.6 Å². The van der Waals surface area contributed by atoms with Crippen LogP contribution in [-0.4, -0.2) is 21.3 Å². The Hall–Kier alpha value is -1.36. The van der Waals surface area contributed by atoms with Crippen molar-refractivity contribution in [2.75, 3.05) is 6.61 Å². The second-order valence-electron chi connectivity index (χ2n) is 4.49. The van der Waals surface area contributed by atoms with Gasteiger partial charge in [-0.2, -0.15) is 0 Å². The van der Waals surface area contributed by atoms with Crippen molar-refractivity contribution in [2.24, 2.45) is 11.8 Å². The summed E-state index contributed by atoms with van der Waals surface area (Å²) in [5.41, 5.74) is -0.104. The monoisotopic (exact) mass is 224 g/mol. The van der Waals surface area contributed by atoms with E-state index in [9.17, 15) is 9.59 Å². The van der Waals surface area contributed by atoms with Gasteiger partial charge in [0, 0.05) is 24.9 Å².